The molecule has 0 bridgehead atoms. The Labute approximate surface area is 105 Å². The Morgan fingerprint density at radius 3 is 3.06 bits per heavy atom. The van der Waals surface area contributed by atoms with Crippen molar-refractivity contribution in [2.75, 3.05) is 5.32 Å². The molecule has 0 atom stereocenters. The maximum Gasteiger partial charge on any atom is 0.189 e. The molecule has 0 aliphatic heterocycles. The number of hydrogen-bond acceptors (Lipinski definition) is 6. The summed E-state index contributed by atoms with van der Waals surface area (Å²) < 4.78 is 1.18. The SMILES string of the molecule is N#Cc1cnc(Nc2nccc3sccc23)s1. The molecule has 0 aliphatic rings. The molecule has 0 aliphatic carbocycles. The number of hydrogen-bond donors (Lipinski definition) is 1. The Balaban J connectivity index is 2.00. The zero-order valence-electron chi connectivity index (χ0n) is 8.54. The summed E-state index contributed by atoms with van der Waals surface area (Å²) >= 11 is 2.99. The summed E-state index contributed by atoms with van der Waals surface area (Å²) in [6.07, 6.45) is 3.32. The van der Waals surface area contributed by atoms with Crippen LogP contribution >= 0.6 is 22.7 Å². The van der Waals surface area contributed by atoms with Crippen molar-refractivity contribution in [3.05, 3.63) is 34.8 Å². The van der Waals surface area contributed by atoms with E-state index < -0.39 is 0 Å². The minimum atomic E-state index is 0.588. The highest BCUT2D eigenvalue weighted by atomic mass is 32.1. The topological polar surface area (TPSA) is 61.6 Å². The summed E-state index contributed by atoms with van der Waals surface area (Å²) in [6.45, 7) is 0. The van der Waals surface area contributed by atoms with Gasteiger partial charge in [-0.3, -0.25) is 0 Å². The van der Waals surface area contributed by atoms with Crippen LogP contribution in [0.5, 0.6) is 0 Å². The third kappa shape index (κ3) is 1.86. The van der Waals surface area contributed by atoms with Crippen LogP contribution in [-0.4, -0.2) is 9.97 Å². The predicted octanol–water partition coefficient (Wildman–Crippen LogP) is 3.37. The van der Waals surface area contributed by atoms with Gasteiger partial charge in [-0.1, -0.05) is 11.3 Å². The van der Waals surface area contributed by atoms with Gasteiger partial charge in [-0.2, -0.15) is 5.26 Å². The first kappa shape index (κ1) is 10.2. The Morgan fingerprint density at radius 2 is 2.24 bits per heavy atom. The van der Waals surface area contributed by atoms with E-state index in [1.807, 2.05) is 17.5 Å². The molecule has 0 aromatic carbocycles. The van der Waals surface area contributed by atoms with E-state index in [0.717, 1.165) is 11.2 Å². The molecule has 0 amide bonds. The summed E-state index contributed by atoms with van der Waals surface area (Å²) in [5.74, 6) is 0.780. The van der Waals surface area contributed by atoms with E-state index in [1.54, 1.807) is 23.7 Å². The van der Waals surface area contributed by atoms with Crippen molar-refractivity contribution in [3.63, 3.8) is 0 Å². The van der Waals surface area contributed by atoms with Crippen LogP contribution in [0.4, 0.5) is 10.9 Å². The van der Waals surface area contributed by atoms with Gasteiger partial charge < -0.3 is 5.32 Å². The van der Waals surface area contributed by atoms with Crippen LogP contribution in [0.15, 0.2) is 29.9 Å². The maximum atomic E-state index is 8.73. The summed E-state index contributed by atoms with van der Waals surface area (Å²) in [7, 11) is 0. The Kier molecular flexibility index (Phi) is 2.48. The van der Waals surface area contributed by atoms with Crippen molar-refractivity contribution in [1.29, 1.82) is 5.26 Å². The maximum absolute atomic E-state index is 8.73. The minimum Gasteiger partial charge on any atom is -0.316 e. The first-order valence-corrected chi connectivity index (χ1v) is 6.51. The van der Waals surface area contributed by atoms with Gasteiger partial charge in [0.1, 0.15) is 16.8 Å². The molecule has 1 N–H and O–H groups in total. The molecular weight excluding hydrogens is 252 g/mol. The number of nitrogens with zero attached hydrogens (tertiary/aromatic N) is 3. The van der Waals surface area contributed by atoms with Crippen LogP contribution in [0.1, 0.15) is 4.88 Å². The number of nitrogens with one attached hydrogen (secondary N) is 1. The number of thiophene rings is 1. The van der Waals surface area contributed by atoms with Crippen LogP contribution in [-0.2, 0) is 0 Å². The van der Waals surface area contributed by atoms with E-state index in [2.05, 4.69) is 21.4 Å². The van der Waals surface area contributed by atoms with Crippen LogP contribution in [0, 0.1) is 11.3 Å². The van der Waals surface area contributed by atoms with Crippen molar-refractivity contribution in [2.45, 2.75) is 0 Å². The van der Waals surface area contributed by atoms with Crippen molar-refractivity contribution in [1.82, 2.24) is 9.97 Å². The highest BCUT2D eigenvalue weighted by molar-refractivity contribution is 7.17. The fourth-order valence-corrected chi connectivity index (χ4v) is 2.87. The molecule has 4 nitrogen and oxygen atoms in total. The van der Waals surface area contributed by atoms with E-state index >= 15 is 0 Å². The second kappa shape index (κ2) is 4.13. The molecule has 0 unspecified atom stereocenters. The summed E-state index contributed by atoms with van der Waals surface area (Å²) in [4.78, 5) is 9.00. The smallest absolute Gasteiger partial charge is 0.189 e. The molecular formula is C11H6N4S2. The van der Waals surface area contributed by atoms with Gasteiger partial charge in [0.15, 0.2) is 5.13 Å². The fraction of sp³-hybridized carbons (Fsp3) is 0. The molecule has 0 radical (unpaired) electrons. The fourth-order valence-electron chi connectivity index (χ4n) is 1.48. The zero-order valence-corrected chi connectivity index (χ0v) is 10.2. The molecule has 3 aromatic rings. The molecule has 82 valence electrons. The highest BCUT2D eigenvalue weighted by Crippen LogP contribution is 2.29. The monoisotopic (exact) mass is 258 g/mol. The Hall–Kier alpha value is -1.97. The summed E-state index contributed by atoms with van der Waals surface area (Å²) in [5.41, 5.74) is 0. The number of pyridine rings is 1. The molecule has 3 aromatic heterocycles. The van der Waals surface area contributed by atoms with Crippen LogP contribution in [0.2, 0.25) is 0 Å². The van der Waals surface area contributed by atoms with Crippen molar-refractivity contribution >= 4 is 43.7 Å². The number of rotatable bonds is 2. The normalized spacial score (nSPS) is 10.3. The van der Waals surface area contributed by atoms with E-state index in [9.17, 15) is 0 Å². The van der Waals surface area contributed by atoms with Gasteiger partial charge in [-0.25, -0.2) is 9.97 Å². The van der Waals surface area contributed by atoms with Gasteiger partial charge in [0, 0.05) is 16.3 Å². The van der Waals surface area contributed by atoms with E-state index in [1.165, 1.54) is 16.0 Å². The van der Waals surface area contributed by atoms with Gasteiger partial charge in [-0.05, 0) is 17.5 Å². The molecule has 0 saturated heterocycles. The molecule has 0 spiro atoms. The highest BCUT2D eigenvalue weighted by Gasteiger charge is 2.06. The molecule has 3 heterocycles. The van der Waals surface area contributed by atoms with Crippen LogP contribution < -0.4 is 5.32 Å². The Morgan fingerprint density at radius 1 is 1.29 bits per heavy atom. The van der Waals surface area contributed by atoms with Gasteiger partial charge in [-0.15, -0.1) is 11.3 Å². The lowest BCUT2D eigenvalue weighted by Crippen LogP contribution is -1.92. The number of nitriles is 1. The quantitative estimate of drug-likeness (QED) is 0.765. The average Bonchev–Trinajstić information content (AvgIpc) is 2.97. The van der Waals surface area contributed by atoms with Gasteiger partial charge >= 0.3 is 0 Å². The van der Waals surface area contributed by atoms with Crippen molar-refractivity contribution < 1.29 is 0 Å². The molecule has 17 heavy (non-hydrogen) atoms. The molecule has 3 rings (SSSR count). The number of anilines is 2. The average molecular weight is 258 g/mol. The van der Waals surface area contributed by atoms with Crippen LogP contribution in [0.3, 0.4) is 0 Å². The summed E-state index contributed by atoms with van der Waals surface area (Å²) in [6, 6.07) is 6.06. The van der Waals surface area contributed by atoms with Gasteiger partial charge in [0.25, 0.3) is 0 Å². The first-order valence-electron chi connectivity index (χ1n) is 4.82. The Bertz CT molecular complexity index is 707. The van der Waals surface area contributed by atoms with Crippen molar-refractivity contribution in [3.8, 4) is 6.07 Å². The van der Waals surface area contributed by atoms with E-state index in [4.69, 9.17) is 5.26 Å². The van der Waals surface area contributed by atoms with E-state index in [-0.39, 0.29) is 0 Å². The lowest BCUT2D eigenvalue weighted by molar-refractivity contribution is 1.31. The predicted molar refractivity (Wildman–Crippen MR) is 69.7 cm³/mol. The number of thiazole rings is 1. The minimum absolute atomic E-state index is 0.588. The van der Waals surface area contributed by atoms with Gasteiger partial charge in [0.2, 0.25) is 0 Å². The summed E-state index contributed by atoms with van der Waals surface area (Å²) in [5, 5.41) is 15.7. The standard InChI is InChI=1S/C11H6N4S2/c12-5-7-6-14-11(17-7)15-10-8-2-4-16-9(8)1-3-13-10/h1-4,6H,(H,13,14,15). The molecule has 0 saturated carbocycles. The molecule has 0 fully saturated rings. The second-order valence-electron chi connectivity index (χ2n) is 3.26. The third-order valence-corrected chi connectivity index (χ3v) is 3.92. The zero-order chi connectivity index (χ0) is 11.7. The van der Waals surface area contributed by atoms with Crippen LogP contribution in [0.25, 0.3) is 10.1 Å². The number of fused-ring (bicyclic) bond motifs is 1. The second-order valence-corrected chi connectivity index (χ2v) is 5.24. The largest absolute Gasteiger partial charge is 0.316 e. The lowest BCUT2D eigenvalue weighted by Gasteiger charge is -2.02. The third-order valence-electron chi connectivity index (χ3n) is 2.22. The first-order chi connectivity index (χ1) is 8.36. The van der Waals surface area contributed by atoms with Gasteiger partial charge in [0.05, 0.1) is 6.20 Å². The van der Waals surface area contributed by atoms with E-state index in [0.29, 0.717) is 10.0 Å². The molecule has 6 heteroatoms. The number of aromatic nitrogens is 2. The lowest BCUT2D eigenvalue weighted by atomic mass is 10.3. The van der Waals surface area contributed by atoms with Crippen molar-refractivity contribution in [2.24, 2.45) is 0 Å².